The van der Waals surface area contributed by atoms with Crippen molar-refractivity contribution < 1.29 is 4.52 Å². The molecule has 1 aliphatic carbocycles. The molecule has 1 fully saturated rings. The van der Waals surface area contributed by atoms with Crippen molar-refractivity contribution in [1.82, 2.24) is 5.16 Å². The molecular formula is C9H15NOS. The molecule has 2 nitrogen and oxygen atoms in total. The largest absolute Gasteiger partial charge is 0.351 e. The van der Waals surface area contributed by atoms with E-state index in [1.807, 2.05) is 0 Å². The Morgan fingerprint density at radius 1 is 1.50 bits per heavy atom. The average Bonchev–Trinajstić information content (AvgIpc) is 2.61. The molecule has 1 aromatic heterocycles. The summed E-state index contributed by atoms with van der Waals surface area (Å²) in [7, 11) is -0.123. The number of hydrogen-bond donors (Lipinski definition) is 1. The molecule has 1 aliphatic rings. The lowest BCUT2D eigenvalue weighted by atomic mass is 10.1. The topological polar surface area (TPSA) is 26.0 Å². The van der Waals surface area contributed by atoms with Crippen LogP contribution in [-0.2, 0) is 5.41 Å². The maximum absolute atomic E-state index is 5.27. The summed E-state index contributed by atoms with van der Waals surface area (Å²) in [4.78, 5) is 0. The highest BCUT2D eigenvalue weighted by Gasteiger charge is 2.41. The second kappa shape index (κ2) is 2.52. The fraction of sp³-hybridized carbons (Fsp3) is 0.667. The first-order valence-electron chi connectivity index (χ1n) is 4.26. The van der Waals surface area contributed by atoms with E-state index in [0.29, 0.717) is 5.41 Å². The summed E-state index contributed by atoms with van der Waals surface area (Å²) in [5.74, 6) is 0. The molecule has 0 aliphatic heterocycles. The Kier molecular flexibility index (Phi) is 1.72. The third-order valence-corrected chi connectivity index (χ3v) is 3.65. The smallest absolute Gasteiger partial charge is 0.173 e. The molecule has 2 rings (SSSR count). The van der Waals surface area contributed by atoms with Gasteiger partial charge in [-0.3, -0.25) is 0 Å². The van der Waals surface area contributed by atoms with E-state index in [0.717, 1.165) is 10.8 Å². The lowest BCUT2D eigenvalue weighted by molar-refractivity contribution is 0.340. The molecule has 0 bridgehead atoms. The van der Waals surface area contributed by atoms with Crippen LogP contribution in [0.1, 0.15) is 25.5 Å². The van der Waals surface area contributed by atoms with Crippen LogP contribution in [-0.4, -0.2) is 17.7 Å². The van der Waals surface area contributed by atoms with Crippen molar-refractivity contribution in [2.45, 2.75) is 30.3 Å². The molecule has 0 saturated heterocycles. The molecule has 1 heterocycles. The van der Waals surface area contributed by atoms with Crippen molar-refractivity contribution in [2.75, 3.05) is 12.5 Å². The highest BCUT2D eigenvalue weighted by molar-refractivity contribution is 8.15. The Labute approximate surface area is 75.7 Å². The fourth-order valence-electron chi connectivity index (χ4n) is 1.20. The minimum atomic E-state index is -0.123. The van der Waals surface area contributed by atoms with E-state index < -0.39 is 0 Å². The minimum Gasteiger partial charge on any atom is -0.351 e. The van der Waals surface area contributed by atoms with Crippen LogP contribution in [0.15, 0.2) is 15.7 Å². The van der Waals surface area contributed by atoms with Crippen molar-refractivity contribution >= 4 is 10.9 Å². The zero-order valence-electron chi connectivity index (χ0n) is 7.79. The number of nitrogens with zero attached hydrogens (tertiary/aromatic N) is 1. The van der Waals surface area contributed by atoms with Crippen molar-refractivity contribution in [1.29, 1.82) is 0 Å². The molecule has 0 spiro atoms. The van der Waals surface area contributed by atoms with Crippen LogP contribution in [0.5, 0.6) is 0 Å². The molecule has 0 aromatic carbocycles. The van der Waals surface area contributed by atoms with Gasteiger partial charge in [-0.15, -0.1) is 0 Å². The van der Waals surface area contributed by atoms with Gasteiger partial charge < -0.3 is 4.52 Å². The Morgan fingerprint density at radius 3 is 2.58 bits per heavy atom. The monoisotopic (exact) mass is 185 g/mol. The lowest BCUT2D eigenvalue weighted by Gasteiger charge is -2.01. The third-order valence-electron chi connectivity index (χ3n) is 2.56. The van der Waals surface area contributed by atoms with E-state index in [2.05, 4.69) is 30.7 Å². The molecule has 1 aromatic rings. The molecule has 0 atom stereocenters. The highest BCUT2D eigenvalue weighted by Crippen LogP contribution is 2.48. The number of rotatable bonds is 2. The van der Waals surface area contributed by atoms with Gasteiger partial charge in [-0.1, -0.05) is 12.1 Å². The fourth-order valence-corrected chi connectivity index (χ4v) is 1.79. The summed E-state index contributed by atoms with van der Waals surface area (Å²) >= 11 is 0. The van der Waals surface area contributed by atoms with E-state index in [-0.39, 0.29) is 10.9 Å². The van der Waals surface area contributed by atoms with Gasteiger partial charge in [0.05, 0.1) is 5.69 Å². The van der Waals surface area contributed by atoms with Crippen LogP contribution >= 0.6 is 10.9 Å². The summed E-state index contributed by atoms with van der Waals surface area (Å²) in [6, 6.07) is 2.14. The molecule has 3 heteroatoms. The standard InChI is InChI=1S/C9H15NOS/c1-9(4-5-9)7-6-8(11-10-7)12(2)3/h6,12H,4-5H2,1-3H3. The number of aromatic nitrogens is 1. The van der Waals surface area contributed by atoms with Crippen LogP contribution < -0.4 is 0 Å². The van der Waals surface area contributed by atoms with Gasteiger partial charge in [0.1, 0.15) is 0 Å². The van der Waals surface area contributed by atoms with Crippen LogP contribution in [0.2, 0.25) is 0 Å². The Bertz CT molecular complexity index is 288. The maximum Gasteiger partial charge on any atom is 0.173 e. The van der Waals surface area contributed by atoms with Crippen LogP contribution in [0.3, 0.4) is 0 Å². The Morgan fingerprint density at radius 2 is 2.17 bits per heavy atom. The van der Waals surface area contributed by atoms with Crippen LogP contribution in [0.25, 0.3) is 0 Å². The molecule has 0 radical (unpaired) electrons. The molecule has 1 saturated carbocycles. The van der Waals surface area contributed by atoms with Gasteiger partial charge in [0.15, 0.2) is 5.09 Å². The minimum absolute atomic E-state index is 0.123. The quantitative estimate of drug-likeness (QED) is 0.716. The highest BCUT2D eigenvalue weighted by atomic mass is 32.2. The Hall–Kier alpha value is -0.440. The molecule has 0 N–H and O–H groups in total. The second-order valence-electron chi connectivity index (χ2n) is 4.01. The second-order valence-corrected chi connectivity index (χ2v) is 6.24. The normalized spacial score (nSPS) is 20.8. The summed E-state index contributed by atoms with van der Waals surface area (Å²) < 4.78 is 5.27. The zero-order valence-corrected chi connectivity index (χ0v) is 8.69. The molecular weight excluding hydrogens is 170 g/mol. The van der Waals surface area contributed by atoms with Gasteiger partial charge in [0.25, 0.3) is 0 Å². The van der Waals surface area contributed by atoms with Crippen molar-refractivity contribution in [3.63, 3.8) is 0 Å². The molecule has 0 amide bonds. The van der Waals surface area contributed by atoms with Crippen LogP contribution in [0.4, 0.5) is 0 Å². The molecule has 68 valence electrons. The predicted octanol–water partition coefficient (Wildman–Crippen LogP) is 2.35. The van der Waals surface area contributed by atoms with Crippen molar-refractivity contribution in [2.24, 2.45) is 0 Å². The summed E-state index contributed by atoms with van der Waals surface area (Å²) in [6.45, 7) is 2.25. The third kappa shape index (κ3) is 1.26. The number of thiol groups is 1. The van der Waals surface area contributed by atoms with Crippen LogP contribution in [0, 0.1) is 0 Å². The summed E-state index contributed by atoms with van der Waals surface area (Å²) in [5.41, 5.74) is 1.52. The summed E-state index contributed by atoms with van der Waals surface area (Å²) in [6.07, 6.45) is 6.92. The zero-order chi connectivity index (χ0) is 8.77. The van der Waals surface area contributed by atoms with Gasteiger partial charge in [-0.2, -0.15) is 10.9 Å². The van der Waals surface area contributed by atoms with E-state index in [1.54, 1.807) is 0 Å². The first-order valence-corrected chi connectivity index (χ1v) is 6.50. The first kappa shape index (κ1) is 8.17. The SMILES string of the molecule is C[SH](C)c1cc(C2(C)CC2)no1. The van der Waals surface area contributed by atoms with E-state index >= 15 is 0 Å². The number of hydrogen-bond acceptors (Lipinski definition) is 2. The van der Waals surface area contributed by atoms with E-state index in [4.69, 9.17) is 4.52 Å². The molecule has 12 heavy (non-hydrogen) atoms. The van der Waals surface area contributed by atoms with Crippen molar-refractivity contribution in [3.8, 4) is 0 Å². The van der Waals surface area contributed by atoms with E-state index in [9.17, 15) is 0 Å². The van der Waals surface area contributed by atoms with E-state index in [1.165, 1.54) is 12.8 Å². The van der Waals surface area contributed by atoms with Gasteiger partial charge >= 0.3 is 0 Å². The van der Waals surface area contributed by atoms with Crippen molar-refractivity contribution in [3.05, 3.63) is 11.8 Å². The van der Waals surface area contributed by atoms with Gasteiger partial charge in [0, 0.05) is 11.5 Å². The summed E-state index contributed by atoms with van der Waals surface area (Å²) in [5, 5.41) is 5.19. The maximum atomic E-state index is 5.27. The van der Waals surface area contributed by atoms with Gasteiger partial charge in [-0.05, 0) is 25.4 Å². The predicted molar refractivity (Wildman–Crippen MR) is 52.2 cm³/mol. The average molecular weight is 185 g/mol. The lowest BCUT2D eigenvalue weighted by Crippen LogP contribution is -1.98. The van der Waals surface area contributed by atoms with Gasteiger partial charge in [-0.25, -0.2) is 0 Å². The Balaban J connectivity index is 2.25. The molecule has 0 unspecified atom stereocenters. The first-order chi connectivity index (χ1) is 5.62. The van der Waals surface area contributed by atoms with Gasteiger partial charge in [0.2, 0.25) is 0 Å².